The van der Waals surface area contributed by atoms with Gasteiger partial charge < -0.3 is 16.0 Å². The second-order valence-corrected chi connectivity index (χ2v) is 4.70. The van der Waals surface area contributed by atoms with Crippen molar-refractivity contribution in [1.29, 1.82) is 0 Å². The molecule has 3 N–H and O–H groups in total. The molecule has 19 heavy (non-hydrogen) atoms. The van der Waals surface area contributed by atoms with Crippen LogP contribution in [-0.4, -0.2) is 26.0 Å². The topological polar surface area (TPSA) is 58.4 Å². The quantitative estimate of drug-likeness (QED) is 0.800. The first-order valence-electron chi connectivity index (χ1n) is 6.24. The van der Waals surface area contributed by atoms with Crippen LogP contribution >= 0.6 is 0 Å². The normalized spacial score (nSPS) is 16.5. The standard InChI is InChI=1S/C13H17F2N3O/c1-17-13(19)8-2-4-18(5-3-8)11-7-9(14)6-10(15)12(11)16/h6-8H,2-5,16H2,1H3,(H,17,19). The Morgan fingerprint density at radius 1 is 1.37 bits per heavy atom. The number of nitrogens with one attached hydrogen (secondary N) is 1. The van der Waals surface area contributed by atoms with Gasteiger partial charge in [0.1, 0.15) is 5.82 Å². The summed E-state index contributed by atoms with van der Waals surface area (Å²) >= 11 is 0. The van der Waals surface area contributed by atoms with E-state index in [0.29, 0.717) is 31.6 Å². The number of carbonyl (C=O) groups excluding carboxylic acids is 1. The molecule has 0 saturated carbocycles. The first kappa shape index (κ1) is 13.6. The molecule has 1 heterocycles. The van der Waals surface area contributed by atoms with Crippen molar-refractivity contribution in [2.75, 3.05) is 30.8 Å². The molecular formula is C13H17F2N3O. The summed E-state index contributed by atoms with van der Waals surface area (Å²) in [4.78, 5) is 13.3. The summed E-state index contributed by atoms with van der Waals surface area (Å²) in [5.41, 5.74) is 5.97. The van der Waals surface area contributed by atoms with Gasteiger partial charge in [0.25, 0.3) is 0 Å². The van der Waals surface area contributed by atoms with E-state index in [1.165, 1.54) is 6.07 Å². The molecule has 1 fully saturated rings. The monoisotopic (exact) mass is 269 g/mol. The number of hydrogen-bond donors (Lipinski definition) is 2. The van der Waals surface area contributed by atoms with E-state index in [9.17, 15) is 13.6 Å². The lowest BCUT2D eigenvalue weighted by Gasteiger charge is -2.33. The number of halogens is 2. The molecule has 1 aliphatic rings. The highest BCUT2D eigenvalue weighted by atomic mass is 19.1. The molecule has 1 amide bonds. The van der Waals surface area contributed by atoms with E-state index >= 15 is 0 Å². The average molecular weight is 269 g/mol. The molecule has 104 valence electrons. The smallest absolute Gasteiger partial charge is 0.222 e. The fourth-order valence-electron chi connectivity index (χ4n) is 2.42. The molecular weight excluding hydrogens is 252 g/mol. The Morgan fingerprint density at radius 2 is 2.00 bits per heavy atom. The molecule has 0 aliphatic carbocycles. The van der Waals surface area contributed by atoms with Gasteiger partial charge in [-0.15, -0.1) is 0 Å². The van der Waals surface area contributed by atoms with Gasteiger partial charge in [0.15, 0.2) is 5.82 Å². The van der Waals surface area contributed by atoms with Gasteiger partial charge in [-0.1, -0.05) is 0 Å². The first-order chi connectivity index (χ1) is 9.02. The van der Waals surface area contributed by atoms with Gasteiger partial charge in [0.2, 0.25) is 5.91 Å². The molecule has 0 unspecified atom stereocenters. The third-order valence-corrected chi connectivity index (χ3v) is 3.53. The van der Waals surface area contributed by atoms with E-state index in [1.807, 2.05) is 4.90 Å². The zero-order valence-electron chi connectivity index (χ0n) is 10.7. The van der Waals surface area contributed by atoms with Crippen LogP contribution in [0.2, 0.25) is 0 Å². The summed E-state index contributed by atoms with van der Waals surface area (Å²) in [5, 5.41) is 2.62. The predicted octanol–water partition coefficient (Wildman–Crippen LogP) is 1.51. The number of hydrogen-bond acceptors (Lipinski definition) is 3. The lowest BCUT2D eigenvalue weighted by Crippen LogP contribution is -2.39. The summed E-state index contributed by atoms with van der Waals surface area (Å²) in [6, 6.07) is 2.01. The van der Waals surface area contributed by atoms with E-state index in [1.54, 1.807) is 7.05 Å². The Hall–Kier alpha value is -1.85. The van der Waals surface area contributed by atoms with E-state index < -0.39 is 11.6 Å². The number of anilines is 2. The molecule has 1 aliphatic heterocycles. The maximum Gasteiger partial charge on any atom is 0.222 e. The summed E-state index contributed by atoms with van der Waals surface area (Å²) in [5.74, 6) is -1.42. The van der Waals surface area contributed by atoms with Crippen molar-refractivity contribution in [2.45, 2.75) is 12.8 Å². The van der Waals surface area contributed by atoms with Crippen LogP contribution in [0.1, 0.15) is 12.8 Å². The van der Waals surface area contributed by atoms with Crippen molar-refractivity contribution in [3.63, 3.8) is 0 Å². The Bertz CT molecular complexity index is 485. The van der Waals surface area contributed by atoms with Crippen molar-refractivity contribution in [2.24, 2.45) is 5.92 Å². The Morgan fingerprint density at radius 3 is 2.58 bits per heavy atom. The van der Waals surface area contributed by atoms with Crippen LogP contribution in [0, 0.1) is 17.6 Å². The van der Waals surface area contributed by atoms with Crippen LogP contribution < -0.4 is 16.0 Å². The molecule has 2 rings (SSSR count). The maximum absolute atomic E-state index is 13.4. The van der Waals surface area contributed by atoms with Crippen LogP contribution in [0.3, 0.4) is 0 Å². The molecule has 0 radical (unpaired) electrons. The lowest BCUT2D eigenvalue weighted by atomic mass is 9.95. The van der Waals surface area contributed by atoms with Crippen molar-refractivity contribution in [3.8, 4) is 0 Å². The average Bonchev–Trinajstić information content (AvgIpc) is 2.42. The molecule has 1 aromatic carbocycles. The Labute approximate surface area is 110 Å². The number of carbonyl (C=O) groups is 1. The highest BCUT2D eigenvalue weighted by Crippen LogP contribution is 2.30. The van der Waals surface area contributed by atoms with Crippen molar-refractivity contribution in [1.82, 2.24) is 5.32 Å². The van der Waals surface area contributed by atoms with E-state index in [2.05, 4.69) is 5.32 Å². The fraction of sp³-hybridized carbons (Fsp3) is 0.462. The largest absolute Gasteiger partial charge is 0.395 e. The molecule has 0 bridgehead atoms. The number of piperidine rings is 1. The van der Waals surface area contributed by atoms with Gasteiger partial charge in [0.05, 0.1) is 11.4 Å². The molecule has 0 spiro atoms. The second kappa shape index (κ2) is 5.42. The van der Waals surface area contributed by atoms with Gasteiger partial charge in [-0.3, -0.25) is 4.79 Å². The maximum atomic E-state index is 13.4. The second-order valence-electron chi connectivity index (χ2n) is 4.70. The summed E-state index contributed by atoms with van der Waals surface area (Å²) in [6.45, 7) is 1.12. The van der Waals surface area contributed by atoms with Gasteiger partial charge in [-0.2, -0.15) is 0 Å². The number of nitrogen functional groups attached to an aromatic ring is 1. The van der Waals surface area contributed by atoms with Gasteiger partial charge in [-0.05, 0) is 18.9 Å². The minimum atomic E-state index is -0.747. The number of nitrogens with zero attached hydrogens (tertiary/aromatic N) is 1. The molecule has 0 atom stereocenters. The molecule has 4 nitrogen and oxygen atoms in total. The number of amides is 1. The van der Waals surface area contributed by atoms with Crippen LogP contribution in [0.5, 0.6) is 0 Å². The predicted molar refractivity (Wildman–Crippen MR) is 69.8 cm³/mol. The number of nitrogens with two attached hydrogens (primary N) is 1. The molecule has 0 aromatic heterocycles. The third-order valence-electron chi connectivity index (χ3n) is 3.53. The summed E-state index contributed by atoms with van der Waals surface area (Å²) in [6.07, 6.45) is 1.30. The van der Waals surface area contributed by atoms with E-state index in [4.69, 9.17) is 5.73 Å². The zero-order valence-corrected chi connectivity index (χ0v) is 10.7. The highest BCUT2D eigenvalue weighted by Gasteiger charge is 2.26. The Balaban J connectivity index is 2.12. The van der Waals surface area contributed by atoms with Gasteiger partial charge in [-0.25, -0.2) is 8.78 Å². The van der Waals surface area contributed by atoms with Crippen LogP contribution in [0.4, 0.5) is 20.2 Å². The number of rotatable bonds is 2. The van der Waals surface area contributed by atoms with Crippen molar-refractivity contribution >= 4 is 17.3 Å². The zero-order chi connectivity index (χ0) is 14.0. The fourth-order valence-corrected chi connectivity index (χ4v) is 2.42. The number of benzene rings is 1. The SMILES string of the molecule is CNC(=O)C1CCN(c2cc(F)cc(F)c2N)CC1. The van der Waals surface area contributed by atoms with Gasteiger partial charge in [0, 0.05) is 32.1 Å². The van der Waals surface area contributed by atoms with Crippen LogP contribution in [-0.2, 0) is 4.79 Å². The van der Waals surface area contributed by atoms with E-state index in [0.717, 1.165) is 6.07 Å². The van der Waals surface area contributed by atoms with Crippen molar-refractivity contribution < 1.29 is 13.6 Å². The molecule has 1 saturated heterocycles. The van der Waals surface area contributed by atoms with Crippen molar-refractivity contribution in [3.05, 3.63) is 23.8 Å². The summed E-state index contributed by atoms with van der Waals surface area (Å²) < 4.78 is 26.6. The highest BCUT2D eigenvalue weighted by molar-refractivity contribution is 5.79. The Kier molecular flexibility index (Phi) is 3.87. The van der Waals surface area contributed by atoms with Crippen LogP contribution in [0.15, 0.2) is 12.1 Å². The minimum Gasteiger partial charge on any atom is -0.395 e. The van der Waals surface area contributed by atoms with E-state index in [-0.39, 0.29) is 17.5 Å². The summed E-state index contributed by atoms with van der Waals surface area (Å²) in [7, 11) is 1.61. The lowest BCUT2D eigenvalue weighted by molar-refractivity contribution is -0.125. The van der Waals surface area contributed by atoms with Crippen LogP contribution in [0.25, 0.3) is 0 Å². The van der Waals surface area contributed by atoms with Gasteiger partial charge >= 0.3 is 0 Å². The minimum absolute atomic E-state index is 0.0121. The third kappa shape index (κ3) is 2.77. The molecule has 1 aromatic rings. The first-order valence-corrected chi connectivity index (χ1v) is 6.24. The molecule has 6 heteroatoms.